The number of para-hydroxylation sites is 2. The van der Waals surface area contributed by atoms with Crippen molar-refractivity contribution in [3.05, 3.63) is 212 Å². The number of hydrogen-bond acceptors (Lipinski definition) is 6. The third kappa shape index (κ3) is 6.80. The number of benzene rings is 8. The molecule has 0 N–H and O–H groups in total. The Kier molecular flexibility index (Phi) is 7.73. The molecule has 7 nitrogen and oxygen atoms in total. The van der Waals surface area contributed by atoms with E-state index in [9.17, 15) is 0 Å². The van der Waals surface area contributed by atoms with Crippen LogP contribution in [0, 0.1) is 0 Å². The molecule has 0 aliphatic carbocycles. The topological polar surface area (TPSA) is 82.3 Å². The predicted octanol–water partition coefficient (Wildman–Crippen LogP) is 12.8. The van der Waals surface area contributed by atoms with E-state index in [1.807, 2.05) is 158 Å². The maximum Gasteiger partial charge on any atom is 0.166 e. The van der Waals surface area contributed by atoms with E-state index in [-0.39, 0.29) is 23.0 Å². The van der Waals surface area contributed by atoms with Crippen LogP contribution in [0.15, 0.2) is 212 Å². The van der Waals surface area contributed by atoms with Crippen LogP contribution >= 0.6 is 0 Å². The van der Waals surface area contributed by atoms with Crippen LogP contribution in [0.3, 0.4) is 0 Å². The molecule has 3 aromatic heterocycles. The minimum Gasteiger partial charge on any atom is -0.309 e. The molecule has 0 aliphatic rings. The standard InChI is InChI=1S/C54H35N7/c1-5-18-36(19-6-1)40-26-17-27-41(34-40)52-56-49(37-20-7-2-8-21-37)57-53(58-52)42-32-33-48(61-46-30-15-13-28-43(46)44-29-14-16-31-47(44)61)45(35-42)54-59-50(38-22-9-3-10-23-38)55-51(60-54)39-24-11-4-12-25-39/h1-35H/i2D,7D,8D,20D,21D. The Morgan fingerprint density at radius 1 is 0.311 bits per heavy atom. The number of aromatic nitrogens is 7. The largest absolute Gasteiger partial charge is 0.309 e. The van der Waals surface area contributed by atoms with E-state index in [1.165, 1.54) is 0 Å². The molecule has 0 aliphatic heterocycles. The molecule has 0 saturated carbocycles. The Morgan fingerprint density at radius 2 is 0.738 bits per heavy atom. The Bertz CT molecular complexity index is 3520. The van der Waals surface area contributed by atoms with Gasteiger partial charge in [0.25, 0.3) is 0 Å². The lowest BCUT2D eigenvalue weighted by atomic mass is 10.0. The van der Waals surface area contributed by atoms with Gasteiger partial charge in [0, 0.05) is 44.2 Å². The molecule has 8 aromatic carbocycles. The van der Waals surface area contributed by atoms with Gasteiger partial charge < -0.3 is 4.57 Å². The lowest BCUT2D eigenvalue weighted by Crippen LogP contribution is -2.05. The van der Waals surface area contributed by atoms with E-state index in [0.717, 1.165) is 49.7 Å². The van der Waals surface area contributed by atoms with Crippen LogP contribution in [0.1, 0.15) is 6.85 Å². The Balaban J connectivity index is 1.20. The van der Waals surface area contributed by atoms with Crippen molar-refractivity contribution in [3.63, 3.8) is 0 Å². The van der Waals surface area contributed by atoms with Crippen LogP contribution in [-0.4, -0.2) is 34.5 Å². The smallest absolute Gasteiger partial charge is 0.166 e. The Hall–Kier alpha value is -8.42. The van der Waals surface area contributed by atoms with Gasteiger partial charge in [-0.05, 0) is 47.5 Å². The molecule has 61 heavy (non-hydrogen) atoms. The molecule has 7 heteroatoms. The van der Waals surface area contributed by atoms with Gasteiger partial charge in [0.15, 0.2) is 34.9 Å². The van der Waals surface area contributed by atoms with E-state index in [4.69, 9.17) is 36.8 Å². The number of fused-ring (bicyclic) bond motifs is 3. The van der Waals surface area contributed by atoms with Crippen molar-refractivity contribution in [2.24, 2.45) is 0 Å². The minimum absolute atomic E-state index is 0.0666. The molecule has 0 amide bonds. The summed E-state index contributed by atoms with van der Waals surface area (Å²) in [5.74, 6) is 1.78. The van der Waals surface area contributed by atoms with Crippen molar-refractivity contribution in [2.75, 3.05) is 0 Å². The third-order valence-corrected chi connectivity index (χ3v) is 10.6. The highest BCUT2D eigenvalue weighted by molar-refractivity contribution is 6.09. The molecule has 0 spiro atoms. The van der Waals surface area contributed by atoms with Crippen molar-refractivity contribution in [1.29, 1.82) is 0 Å². The van der Waals surface area contributed by atoms with Crippen LogP contribution < -0.4 is 0 Å². The molecule has 3 heterocycles. The highest BCUT2D eigenvalue weighted by Gasteiger charge is 2.22. The summed E-state index contributed by atoms with van der Waals surface area (Å²) in [4.78, 5) is 30.2. The van der Waals surface area contributed by atoms with Gasteiger partial charge in [-0.3, -0.25) is 0 Å². The van der Waals surface area contributed by atoms with Crippen LogP contribution in [0.4, 0.5) is 0 Å². The second-order valence-electron chi connectivity index (χ2n) is 14.4. The highest BCUT2D eigenvalue weighted by Crippen LogP contribution is 2.38. The van der Waals surface area contributed by atoms with E-state index in [1.54, 1.807) is 0 Å². The monoisotopic (exact) mass is 786 g/mol. The predicted molar refractivity (Wildman–Crippen MR) is 246 cm³/mol. The first-order valence-electron chi connectivity index (χ1n) is 22.3. The van der Waals surface area contributed by atoms with Crippen molar-refractivity contribution < 1.29 is 6.85 Å². The fraction of sp³-hybridized carbons (Fsp3) is 0. The fourth-order valence-electron chi connectivity index (χ4n) is 7.74. The summed E-state index contributed by atoms with van der Waals surface area (Å²) in [6.45, 7) is 0. The molecular formula is C54H35N7. The first-order chi connectivity index (χ1) is 32.3. The summed E-state index contributed by atoms with van der Waals surface area (Å²) in [5, 5.41) is 2.16. The molecule has 0 unspecified atom stereocenters. The molecule has 0 atom stereocenters. The molecule has 11 rings (SSSR count). The van der Waals surface area contributed by atoms with Crippen molar-refractivity contribution in [2.45, 2.75) is 0 Å². The molecule has 0 bridgehead atoms. The molecule has 11 aromatic rings. The average Bonchev–Trinajstić information content (AvgIpc) is 3.72. The number of hydrogen-bond donors (Lipinski definition) is 0. The average molecular weight is 787 g/mol. The van der Waals surface area contributed by atoms with Gasteiger partial charge in [-0.2, -0.15) is 0 Å². The van der Waals surface area contributed by atoms with Crippen LogP contribution in [0.25, 0.3) is 107 Å². The van der Waals surface area contributed by atoms with E-state index < -0.39 is 30.2 Å². The van der Waals surface area contributed by atoms with Crippen molar-refractivity contribution in [3.8, 4) is 85.1 Å². The summed E-state index contributed by atoms with van der Waals surface area (Å²) in [6.07, 6.45) is 0. The van der Waals surface area contributed by atoms with Gasteiger partial charge in [-0.1, -0.05) is 176 Å². The second-order valence-corrected chi connectivity index (χ2v) is 14.4. The quantitative estimate of drug-likeness (QED) is 0.153. The Labute approximate surface area is 359 Å². The van der Waals surface area contributed by atoms with Gasteiger partial charge in [-0.15, -0.1) is 0 Å². The third-order valence-electron chi connectivity index (χ3n) is 10.6. The summed E-state index contributed by atoms with van der Waals surface area (Å²) >= 11 is 0. The minimum atomic E-state index is -0.508. The maximum absolute atomic E-state index is 8.94. The molecule has 0 radical (unpaired) electrons. The van der Waals surface area contributed by atoms with Gasteiger partial charge in [-0.25, -0.2) is 29.9 Å². The zero-order valence-electron chi connectivity index (χ0n) is 37.5. The van der Waals surface area contributed by atoms with E-state index >= 15 is 0 Å². The summed E-state index contributed by atoms with van der Waals surface area (Å²) in [6, 6.07) is 57.4. The lowest BCUT2D eigenvalue weighted by Gasteiger charge is -2.16. The van der Waals surface area contributed by atoms with Gasteiger partial charge in [0.1, 0.15) is 0 Å². The maximum atomic E-state index is 8.94. The molecule has 0 saturated heterocycles. The van der Waals surface area contributed by atoms with Crippen molar-refractivity contribution in [1.82, 2.24) is 34.5 Å². The first-order valence-corrected chi connectivity index (χ1v) is 19.8. The summed E-state index contributed by atoms with van der Waals surface area (Å²) < 4.78 is 45.5. The van der Waals surface area contributed by atoms with Gasteiger partial charge in [0.2, 0.25) is 0 Å². The van der Waals surface area contributed by atoms with Crippen LogP contribution in [-0.2, 0) is 0 Å². The summed E-state index contributed by atoms with van der Waals surface area (Å²) in [7, 11) is 0. The van der Waals surface area contributed by atoms with Gasteiger partial charge >= 0.3 is 0 Å². The highest BCUT2D eigenvalue weighted by atomic mass is 15.1. The zero-order valence-corrected chi connectivity index (χ0v) is 32.5. The lowest BCUT2D eigenvalue weighted by molar-refractivity contribution is 1.06. The van der Waals surface area contributed by atoms with E-state index in [0.29, 0.717) is 34.2 Å². The zero-order chi connectivity index (χ0) is 44.9. The first kappa shape index (κ1) is 30.6. The van der Waals surface area contributed by atoms with E-state index in [2.05, 4.69) is 28.8 Å². The fourth-order valence-corrected chi connectivity index (χ4v) is 7.74. The van der Waals surface area contributed by atoms with Crippen molar-refractivity contribution >= 4 is 21.8 Å². The van der Waals surface area contributed by atoms with Gasteiger partial charge in [0.05, 0.1) is 23.6 Å². The molecule has 0 fully saturated rings. The SMILES string of the molecule is [2H]c1c([2H])c([2H])c(-c2nc(-c3cccc(-c4ccccc4)c3)nc(-c3ccc(-n4c5ccccc5c5ccccc54)c(-c4nc(-c5ccccc5)nc(-c5ccccc5)n4)c3)n2)c([2H])c1[2H]. The normalized spacial score (nSPS) is 12.4. The van der Waals surface area contributed by atoms with Crippen LogP contribution in [0.2, 0.25) is 0 Å². The van der Waals surface area contributed by atoms with Crippen LogP contribution in [0.5, 0.6) is 0 Å². The summed E-state index contributed by atoms with van der Waals surface area (Å²) in [5.41, 5.74) is 8.01. The second kappa shape index (κ2) is 15.4. The Morgan fingerprint density at radius 3 is 1.31 bits per heavy atom. The molecule has 286 valence electrons. The number of rotatable bonds is 8. The number of nitrogens with zero attached hydrogens (tertiary/aromatic N) is 7. The molecular weight excluding hydrogens is 747 g/mol.